The molecule has 13 heavy (non-hydrogen) atoms. The topological polar surface area (TPSA) is 48.2 Å². The van der Waals surface area contributed by atoms with E-state index < -0.39 is 0 Å². The molecule has 0 spiro atoms. The minimum atomic E-state index is 1.01. The number of hydrazone groups is 1. The van der Waals surface area contributed by atoms with Gasteiger partial charge < -0.3 is 5.41 Å². The molecule has 0 fully saturated rings. The number of nitrogens with one attached hydrogen (secondary N) is 2. The van der Waals surface area contributed by atoms with Crippen molar-refractivity contribution >= 4 is 18.1 Å². The number of nitrogens with zero attached hydrogens (tertiary/aromatic N) is 1. The van der Waals surface area contributed by atoms with E-state index >= 15 is 0 Å². The summed E-state index contributed by atoms with van der Waals surface area (Å²) in [5.41, 5.74) is 6.22. The fourth-order valence-electron chi connectivity index (χ4n) is 1.13. The molecule has 1 aromatic carbocycles. The van der Waals surface area contributed by atoms with Crippen LogP contribution in [0.3, 0.4) is 0 Å². The summed E-state index contributed by atoms with van der Waals surface area (Å²) >= 11 is 0. The molecule has 0 saturated carbocycles. The highest BCUT2D eigenvalue weighted by atomic mass is 15.3. The zero-order valence-electron chi connectivity index (χ0n) is 7.83. The van der Waals surface area contributed by atoms with Gasteiger partial charge in [-0.05, 0) is 25.0 Å². The molecule has 0 saturated heterocycles. The van der Waals surface area contributed by atoms with Crippen molar-refractivity contribution in [3.8, 4) is 0 Å². The van der Waals surface area contributed by atoms with Crippen molar-refractivity contribution in [1.82, 2.24) is 0 Å². The van der Waals surface area contributed by atoms with Gasteiger partial charge >= 0.3 is 0 Å². The molecule has 0 radical (unpaired) electrons. The average Bonchev–Trinajstić information content (AvgIpc) is 2.10. The molecule has 0 atom stereocenters. The molecular formula is C10H13N3. The molecule has 0 aliphatic heterocycles. The van der Waals surface area contributed by atoms with Crippen LogP contribution in [-0.4, -0.2) is 12.4 Å². The van der Waals surface area contributed by atoms with E-state index in [1.807, 2.05) is 32.0 Å². The van der Waals surface area contributed by atoms with Crippen LogP contribution in [0.15, 0.2) is 23.3 Å². The van der Waals surface area contributed by atoms with Crippen molar-refractivity contribution in [3.05, 3.63) is 29.3 Å². The van der Waals surface area contributed by atoms with Crippen LogP contribution < -0.4 is 5.43 Å². The molecule has 0 aromatic heterocycles. The van der Waals surface area contributed by atoms with E-state index in [1.165, 1.54) is 6.21 Å². The maximum absolute atomic E-state index is 6.76. The lowest BCUT2D eigenvalue weighted by atomic mass is 10.1. The highest BCUT2D eigenvalue weighted by molar-refractivity contribution is 6.14. The van der Waals surface area contributed by atoms with Crippen LogP contribution >= 0.6 is 0 Å². The third-order valence-corrected chi connectivity index (χ3v) is 1.81. The van der Waals surface area contributed by atoms with Crippen LogP contribution in [0.25, 0.3) is 0 Å². The molecule has 3 heteroatoms. The van der Waals surface area contributed by atoms with E-state index in [9.17, 15) is 0 Å². The van der Waals surface area contributed by atoms with Gasteiger partial charge in [-0.2, -0.15) is 5.10 Å². The minimum Gasteiger partial charge on any atom is -0.307 e. The Balaban J connectivity index is 2.86. The Bertz CT molecular complexity index is 309. The fraction of sp³-hybridized carbons (Fsp3) is 0.200. The molecule has 1 aromatic rings. The summed E-state index contributed by atoms with van der Waals surface area (Å²) in [5, 5.41) is 10.6. The van der Waals surface area contributed by atoms with Gasteiger partial charge in [0.05, 0.1) is 11.9 Å². The second kappa shape index (κ2) is 4.40. The van der Waals surface area contributed by atoms with Crippen molar-refractivity contribution in [2.75, 3.05) is 5.43 Å². The Hall–Kier alpha value is -1.64. The Morgan fingerprint density at radius 1 is 1.31 bits per heavy atom. The highest BCUT2D eigenvalue weighted by Crippen LogP contribution is 2.18. The predicted molar refractivity (Wildman–Crippen MR) is 56.8 cm³/mol. The molecule has 0 bridgehead atoms. The number of rotatable bonds is 3. The van der Waals surface area contributed by atoms with Gasteiger partial charge in [-0.1, -0.05) is 18.2 Å². The van der Waals surface area contributed by atoms with Crippen LogP contribution in [0.1, 0.15) is 11.1 Å². The first-order chi connectivity index (χ1) is 6.25. The second-order valence-corrected chi connectivity index (χ2v) is 2.82. The molecule has 0 aliphatic carbocycles. The summed E-state index contributed by atoms with van der Waals surface area (Å²) in [5.74, 6) is 0. The maximum Gasteiger partial charge on any atom is 0.0648 e. The fourth-order valence-corrected chi connectivity index (χ4v) is 1.13. The van der Waals surface area contributed by atoms with E-state index in [-0.39, 0.29) is 0 Å². The van der Waals surface area contributed by atoms with Gasteiger partial charge in [-0.15, -0.1) is 0 Å². The summed E-state index contributed by atoms with van der Waals surface area (Å²) in [6.45, 7) is 4.05. The lowest BCUT2D eigenvalue weighted by Crippen LogP contribution is -1.95. The molecule has 0 aliphatic rings. The molecule has 3 nitrogen and oxygen atoms in total. The third-order valence-electron chi connectivity index (χ3n) is 1.81. The first-order valence-corrected chi connectivity index (χ1v) is 4.10. The lowest BCUT2D eigenvalue weighted by Gasteiger charge is -2.07. The number of para-hydroxylation sites is 1. The van der Waals surface area contributed by atoms with Crippen molar-refractivity contribution in [2.24, 2.45) is 5.10 Å². The lowest BCUT2D eigenvalue weighted by molar-refractivity contribution is 1.27. The second-order valence-electron chi connectivity index (χ2n) is 2.82. The molecule has 68 valence electrons. The Kier molecular flexibility index (Phi) is 3.20. The maximum atomic E-state index is 6.76. The summed E-state index contributed by atoms with van der Waals surface area (Å²) in [6.07, 6.45) is 2.55. The van der Waals surface area contributed by atoms with Crippen LogP contribution in [0, 0.1) is 19.3 Å². The smallest absolute Gasteiger partial charge is 0.0648 e. The monoisotopic (exact) mass is 175 g/mol. The first-order valence-electron chi connectivity index (χ1n) is 4.10. The number of anilines is 1. The predicted octanol–water partition coefficient (Wildman–Crippen LogP) is 2.35. The number of hydrogen-bond donors (Lipinski definition) is 2. The van der Waals surface area contributed by atoms with Crippen molar-refractivity contribution in [1.29, 1.82) is 5.41 Å². The van der Waals surface area contributed by atoms with Crippen LogP contribution in [0.5, 0.6) is 0 Å². The van der Waals surface area contributed by atoms with Crippen LogP contribution in [0.4, 0.5) is 5.69 Å². The number of benzene rings is 1. The Morgan fingerprint density at radius 2 is 1.92 bits per heavy atom. The third kappa shape index (κ3) is 2.40. The standard InChI is InChI=1S/C10H13N3/c1-8-4-3-5-9(2)10(8)13-12-7-6-11/h3-7,11,13H,1-2H3/b11-6?,12-7-. The van der Waals surface area contributed by atoms with E-state index in [4.69, 9.17) is 5.41 Å². The average molecular weight is 175 g/mol. The number of hydrogen-bond acceptors (Lipinski definition) is 3. The zero-order chi connectivity index (χ0) is 9.68. The highest BCUT2D eigenvalue weighted by Gasteiger charge is 1.98. The Morgan fingerprint density at radius 3 is 2.46 bits per heavy atom. The molecule has 2 N–H and O–H groups in total. The molecule has 0 amide bonds. The largest absolute Gasteiger partial charge is 0.307 e. The quantitative estimate of drug-likeness (QED) is 0.537. The molecule has 0 heterocycles. The van der Waals surface area contributed by atoms with E-state index in [0.717, 1.165) is 23.0 Å². The van der Waals surface area contributed by atoms with Crippen molar-refractivity contribution in [2.45, 2.75) is 13.8 Å². The van der Waals surface area contributed by atoms with Gasteiger partial charge in [0.1, 0.15) is 0 Å². The summed E-state index contributed by atoms with van der Waals surface area (Å²) < 4.78 is 0. The first kappa shape index (κ1) is 9.45. The van der Waals surface area contributed by atoms with Gasteiger partial charge in [-0.3, -0.25) is 5.43 Å². The van der Waals surface area contributed by atoms with Gasteiger partial charge in [0, 0.05) is 6.21 Å². The molecule has 0 unspecified atom stereocenters. The minimum absolute atomic E-state index is 1.01. The van der Waals surface area contributed by atoms with E-state index in [0.29, 0.717) is 0 Å². The summed E-state index contributed by atoms with van der Waals surface area (Å²) in [6, 6.07) is 6.06. The van der Waals surface area contributed by atoms with Gasteiger partial charge in [0.25, 0.3) is 0 Å². The van der Waals surface area contributed by atoms with Gasteiger partial charge in [-0.25, -0.2) is 0 Å². The summed E-state index contributed by atoms with van der Waals surface area (Å²) in [4.78, 5) is 0. The number of aryl methyl sites for hydroxylation is 2. The van der Waals surface area contributed by atoms with Crippen LogP contribution in [0.2, 0.25) is 0 Å². The normalized spacial score (nSPS) is 10.3. The molecule has 1 rings (SSSR count). The van der Waals surface area contributed by atoms with Gasteiger partial charge in [0.2, 0.25) is 0 Å². The van der Waals surface area contributed by atoms with Crippen molar-refractivity contribution < 1.29 is 0 Å². The van der Waals surface area contributed by atoms with E-state index in [2.05, 4.69) is 10.5 Å². The SMILES string of the molecule is Cc1cccc(C)c1N/N=C\C=N. The van der Waals surface area contributed by atoms with E-state index in [1.54, 1.807) is 0 Å². The van der Waals surface area contributed by atoms with Gasteiger partial charge in [0.15, 0.2) is 0 Å². The van der Waals surface area contributed by atoms with Crippen molar-refractivity contribution in [3.63, 3.8) is 0 Å². The molecular weight excluding hydrogens is 162 g/mol. The summed E-state index contributed by atoms with van der Waals surface area (Å²) in [7, 11) is 0. The van der Waals surface area contributed by atoms with Crippen LogP contribution in [-0.2, 0) is 0 Å². The zero-order valence-corrected chi connectivity index (χ0v) is 7.83. The Labute approximate surface area is 78.0 Å².